The lowest BCUT2D eigenvalue weighted by atomic mass is 9.97. The van der Waals surface area contributed by atoms with Crippen LogP contribution >= 0.6 is 35.0 Å². The molecule has 3 aromatic rings. The summed E-state index contributed by atoms with van der Waals surface area (Å²) in [4.78, 5) is 4.57. The van der Waals surface area contributed by atoms with Gasteiger partial charge >= 0.3 is 0 Å². The lowest BCUT2D eigenvalue weighted by molar-refractivity contribution is -0.178. The molecule has 0 radical (unpaired) electrons. The molecule has 0 spiro atoms. The van der Waals surface area contributed by atoms with E-state index in [-0.39, 0.29) is 11.3 Å². The zero-order valence-electron chi connectivity index (χ0n) is 16.0. The van der Waals surface area contributed by atoms with E-state index in [1.54, 1.807) is 6.07 Å². The van der Waals surface area contributed by atoms with Crippen molar-refractivity contribution in [2.45, 2.75) is 34.7 Å². The molecule has 0 amide bonds. The SMILES string of the molecule is OCC1O[C@H](Sc2cncc(Cl)c2)C(O)[C@@H](n2cc(-c3cc(F)c(Cl)c(F)c3)nn2)[C@H]1O. The van der Waals surface area contributed by atoms with E-state index in [9.17, 15) is 24.1 Å². The molecule has 1 aliphatic heterocycles. The minimum absolute atomic E-state index is 0.0707. The minimum atomic E-state index is -1.35. The fraction of sp³-hybridized carbons (Fsp3) is 0.316. The van der Waals surface area contributed by atoms with Gasteiger partial charge in [0.05, 0.1) is 17.8 Å². The molecule has 1 saturated heterocycles. The van der Waals surface area contributed by atoms with Crippen molar-refractivity contribution in [1.29, 1.82) is 0 Å². The Morgan fingerprint density at radius 1 is 1.09 bits per heavy atom. The van der Waals surface area contributed by atoms with E-state index in [1.165, 1.54) is 23.3 Å². The zero-order chi connectivity index (χ0) is 23.0. The summed E-state index contributed by atoms with van der Waals surface area (Å²) >= 11 is 12.6. The molecule has 4 rings (SSSR count). The van der Waals surface area contributed by atoms with Gasteiger partial charge in [0.25, 0.3) is 0 Å². The summed E-state index contributed by atoms with van der Waals surface area (Å²) in [6, 6.07) is 2.55. The number of nitrogens with zero attached hydrogens (tertiary/aromatic N) is 4. The van der Waals surface area contributed by atoms with Crippen LogP contribution in [0.1, 0.15) is 6.04 Å². The number of aromatic nitrogens is 4. The maximum Gasteiger partial charge on any atom is 0.145 e. The van der Waals surface area contributed by atoms with Gasteiger partial charge in [0, 0.05) is 22.9 Å². The topological polar surface area (TPSA) is 114 Å². The van der Waals surface area contributed by atoms with E-state index in [4.69, 9.17) is 27.9 Å². The van der Waals surface area contributed by atoms with Crippen LogP contribution in [0.2, 0.25) is 10.0 Å². The fourth-order valence-electron chi connectivity index (χ4n) is 3.33. The lowest BCUT2D eigenvalue weighted by Crippen LogP contribution is -2.55. The molecule has 32 heavy (non-hydrogen) atoms. The average molecular weight is 505 g/mol. The van der Waals surface area contributed by atoms with Crippen molar-refractivity contribution in [3.63, 3.8) is 0 Å². The van der Waals surface area contributed by atoms with Gasteiger partial charge < -0.3 is 20.1 Å². The second-order valence-corrected chi connectivity index (χ2v) is 8.98. The summed E-state index contributed by atoms with van der Waals surface area (Å²) in [6.45, 7) is -0.523. The molecule has 2 unspecified atom stereocenters. The van der Waals surface area contributed by atoms with Crippen LogP contribution in [0.5, 0.6) is 0 Å². The summed E-state index contributed by atoms with van der Waals surface area (Å²) < 4.78 is 34.5. The predicted octanol–water partition coefficient (Wildman–Crippen LogP) is 2.70. The van der Waals surface area contributed by atoms with Crippen LogP contribution in [0.3, 0.4) is 0 Å². The first-order valence-corrected chi connectivity index (χ1v) is 10.9. The molecule has 0 aliphatic carbocycles. The Morgan fingerprint density at radius 3 is 2.47 bits per heavy atom. The molecule has 1 aliphatic rings. The molecule has 1 fully saturated rings. The van der Waals surface area contributed by atoms with Crippen molar-refractivity contribution in [2.75, 3.05) is 6.61 Å². The number of thioether (sulfide) groups is 1. The van der Waals surface area contributed by atoms with E-state index in [0.29, 0.717) is 9.92 Å². The van der Waals surface area contributed by atoms with Crippen molar-refractivity contribution in [1.82, 2.24) is 20.0 Å². The van der Waals surface area contributed by atoms with Crippen LogP contribution in [-0.2, 0) is 4.74 Å². The van der Waals surface area contributed by atoms with Crippen molar-refractivity contribution < 1.29 is 28.8 Å². The van der Waals surface area contributed by atoms with Gasteiger partial charge in [0.2, 0.25) is 0 Å². The number of rotatable bonds is 5. The highest BCUT2D eigenvalue weighted by Crippen LogP contribution is 2.38. The van der Waals surface area contributed by atoms with Crippen LogP contribution in [0.25, 0.3) is 11.3 Å². The second-order valence-electron chi connectivity index (χ2n) is 6.99. The second kappa shape index (κ2) is 9.56. The number of aliphatic hydroxyl groups is 3. The Kier molecular flexibility index (Phi) is 6.96. The Balaban J connectivity index is 1.64. The molecule has 0 saturated carbocycles. The normalized spacial score (nSPS) is 25.8. The first-order chi connectivity index (χ1) is 15.3. The van der Waals surface area contributed by atoms with Crippen LogP contribution in [0.4, 0.5) is 8.78 Å². The van der Waals surface area contributed by atoms with Crippen LogP contribution in [-0.4, -0.2) is 65.7 Å². The average Bonchev–Trinajstić information content (AvgIpc) is 3.23. The summed E-state index contributed by atoms with van der Waals surface area (Å²) in [6.07, 6.45) is 0.611. The van der Waals surface area contributed by atoms with E-state index in [0.717, 1.165) is 23.9 Å². The summed E-state index contributed by atoms with van der Waals surface area (Å²) in [5.41, 5.74) is -0.755. The number of hydrogen-bond acceptors (Lipinski definition) is 8. The van der Waals surface area contributed by atoms with E-state index >= 15 is 0 Å². The third-order valence-corrected chi connectivity index (χ3v) is 6.56. The lowest BCUT2D eigenvalue weighted by Gasteiger charge is -2.41. The number of ether oxygens (including phenoxy) is 1. The largest absolute Gasteiger partial charge is 0.394 e. The van der Waals surface area contributed by atoms with E-state index < -0.39 is 53.1 Å². The number of halogens is 4. The summed E-state index contributed by atoms with van der Waals surface area (Å²) in [5.74, 6) is -1.93. The highest BCUT2D eigenvalue weighted by molar-refractivity contribution is 7.99. The summed E-state index contributed by atoms with van der Waals surface area (Å²) in [5, 5.41) is 38.8. The van der Waals surface area contributed by atoms with E-state index in [2.05, 4.69) is 15.3 Å². The molecule has 8 nitrogen and oxygen atoms in total. The van der Waals surface area contributed by atoms with Gasteiger partial charge in [-0.1, -0.05) is 40.2 Å². The highest BCUT2D eigenvalue weighted by Gasteiger charge is 2.46. The third-order valence-electron chi connectivity index (χ3n) is 4.88. The zero-order valence-corrected chi connectivity index (χ0v) is 18.3. The Morgan fingerprint density at radius 2 is 1.81 bits per heavy atom. The van der Waals surface area contributed by atoms with Gasteiger partial charge in [-0.2, -0.15) is 0 Å². The van der Waals surface area contributed by atoms with Crippen molar-refractivity contribution in [3.05, 3.63) is 58.5 Å². The molecular weight excluding hydrogens is 489 g/mol. The molecule has 3 heterocycles. The smallest absolute Gasteiger partial charge is 0.145 e. The predicted molar refractivity (Wildman–Crippen MR) is 112 cm³/mol. The molecule has 5 atom stereocenters. The first-order valence-electron chi connectivity index (χ1n) is 9.25. The fourth-order valence-corrected chi connectivity index (χ4v) is 4.76. The molecule has 2 aromatic heterocycles. The van der Waals surface area contributed by atoms with Gasteiger partial charge in [-0.25, -0.2) is 13.5 Å². The van der Waals surface area contributed by atoms with Gasteiger partial charge in [0.15, 0.2) is 0 Å². The maximum atomic E-state index is 13.8. The highest BCUT2D eigenvalue weighted by atomic mass is 35.5. The first kappa shape index (κ1) is 23.3. The van der Waals surface area contributed by atoms with E-state index in [1.807, 2.05) is 0 Å². The van der Waals surface area contributed by atoms with Crippen molar-refractivity contribution in [3.8, 4) is 11.3 Å². The molecule has 0 bridgehead atoms. The molecular formula is C19H16Cl2F2N4O4S. The van der Waals surface area contributed by atoms with Gasteiger partial charge in [-0.3, -0.25) is 4.98 Å². The molecule has 3 N–H and O–H groups in total. The Bertz CT molecular complexity index is 1100. The number of pyridine rings is 1. The standard InChI is InChI=1S/C19H16Cl2F2N4O4S/c20-9-3-10(5-24-4-9)32-19-18(30)16(17(29)14(7-28)31-19)27-6-13(25-26-27)8-1-11(22)15(21)12(23)2-8/h1-6,14,16-19,28-30H,7H2/t14?,16-,17-,18?,19+/m0/s1. The van der Waals surface area contributed by atoms with Gasteiger partial charge in [-0.05, 0) is 18.2 Å². The van der Waals surface area contributed by atoms with Crippen LogP contribution < -0.4 is 0 Å². The monoisotopic (exact) mass is 504 g/mol. The van der Waals surface area contributed by atoms with Crippen LogP contribution in [0.15, 0.2) is 41.7 Å². The Labute approximate surface area is 194 Å². The van der Waals surface area contributed by atoms with Gasteiger partial charge in [0.1, 0.15) is 52.1 Å². The molecule has 13 heteroatoms. The van der Waals surface area contributed by atoms with Crippen molar-refractivity contribution in [2.24, 2.45) is 0 Å². The third kappa shape index (κ3) is 4.60. The Hall–Kier alpha value is -1.86. The van der Waals surface area contributed by atoms with Gasteiger partial charge in [-0.15, -0.1) is 5.10 Å². The minimum Gasteiger partial charge on any atom is -0.394 e. The van der Waals surface area contributed by atoms with Crippen LogP contribution in [0, 0.1) is 11.6 Å². The number of aliphatic hydroxyl groups excluding tert-OH is 3. The van der Waals surface area contributed by atoms with Crippen molar-refractivity contribution >= 4 is 35.0 Å². The quantitative estimate of drug-likeness (QED) is 0.454. The number of benzene rings is 1. The maximum absolute atomic E-state index is 13.8. The summed E-state index contributed by atoms with van der Waals surface area (Å²) in [7, 11) is 0. The molecule has 170 valence electrons. The molecule has 1 aromatic carbocycles. The number of hydrogen-bond donors (Lipinski definition) is 3.